The average molecular weight is 188 g/mol. The Bertz CT molecular complexity index is 448. The normalized spacial score (nSPS) is 10.0. The van der Waals surface area contributed by atoms with E-state index in [1.807, 2.05) is 30.3 Å². The number of aromatic carboxylic acids is 1. The van der Waals surface area contributed by atoms with Crippen molar-refractivity contribution in [2.24, 2.45) is 0 Å². The van der Waals surface area contributed by atoms with Crippen molar-refractivity contribution in [1.29, 1.82) is 0 Å². The standard InChI is InChI=1S/C10H8N2O2/c13-10(14)8-6-11-12-9(8)7-4-2-1-3-5-7/h1-6H,(H,11,12)(H,13,14). The summed E-state index contributed by atoms with van der Waals surface area (Å²) < 4.78 is 0. The summed E-state index contributed by atoms with van der Waals surface area (Å²) in [4.78, 5) is 10.8. The minimum atomic E-state index is -0.974. The lowest BCUT2D eigenvalue weighted by atomic mass is 10.1. The maximum Gasteiger partial charge on any atom is 0.339 e. The number of nitrogens with one attached hydrogen (secondary N) is 1. The second kappa shape index (κ2) is 3.33. The van der Waals surface area contributed by atoms with E-state index < -0.39 is 5.97 Å². The van der Waals surface area contributed by atoms with E-state index in [9.17, 15) is 4.79 Å². The molecule has 0 radical (unpaired) electrons. The van der Waals surface area contributed by atoms with Crippen LogP contribution < -0.4 is 0 Å². The molecule has 14 heavy (non-hydrogen) atoms. The van der Waals surface area contributed by atoms with Crippen LogP contribution in [0.4, 0.5) is 0 Å². The Balaban J connectivity index is 2.52. The van der Waals surface area contributed by atoms with Gasteiger partial charge < -0.3 is 5.11 Å². The van der Waals surface area contributed by atoms with Crippen molar-refractivity contribution >= 4 is 5.97 Å². The van der Waals surface area contributed by atoms with Crippen LogP contribution in [0.1, 0.15) is 10.4 Å². The molecule has 0 unspecified atom stereocenters. The molecule has 2 aromatic rings. The van der Waals surface area contributed by atoms with E-state index in [0.717, 1.165) is 5.56 Å². The number of benzene rings is 1. The molecule has 0 aliphatic heterocycles. The van der Waals surface area contributed by atoms with E-state index in [1.165, 1.54) is 6.20 Å². The lowest BCUT2D eigenvalue weighted by Gasteiger charge is -1.98. The van der Waals surface area contributed by atoms with Gasteiger partial charge in [-0.2, -0.15) is 5.10 Å². The molecular weight excluding hydrogens is 180 g/mol. The third-order valence-corrected chi connectivity index (χ3v) is 1.93. The van der Waals surface area contributed by atoms with Crippen molar-refractivity contribution in [2.45, 2.75) is 0 Å². The minimum Gasteiger partial charge on any atom is -0.478 e. The van der Waals surface area contributed by atoms with E-state index in [0.29, 0.717) is 5.69 Å². The van der Waals surface area contributed by atoms with Gasteiger partial charge in [0.05, 0.1) is 11.9 Å². The molecule has 1 heterocycles. The smallest absolute Gasteiger partial charge is 0.339 e. The number of carboxylic acids is 1. The number of carbonyl (C=O) groups is 1. The van der Waals surface area contributed by atoms with E-state index >= 15 is 0 Å². The molecule has 0 aliphatic carbocycles. The van der Waals surface area contributed by atoms with Crippen LogP contribution >= 0.6 is 0 Å². The highest BCUT2D eigenvalue weighted by Crippen LogP contribution is 2.20. The van der Waals surface area contributed by atoms with Gasteiger partial charge in [-0.3, -0.25) is 5.10 Å². The number of H-pyrrole nitrogens is 1. The van der Waals surface area contributed by atoms with Crippen LogP contribution in [0.15, 0.2) is 36.5 Å². The Morgan fingerprint density at radius 2 is 2.00 bits per heavy atom. The maximum absolute atomic E-state index is 10.8. The highest BCUT2D eigenvalue weighted by molar-refractivity contribution is 5.94. The fourth-order valence-corrected chi connectivity index (χ4v) is 1.27. The summed E-state index contributed by atoms with van der Waals surface area (Å²) in [7, 11) is 0. The van der Waals surface area contributed by atoms with Crippen molar-refractivity contribution in [3.8, 4) is 11.3 Å². The van der Waals surface area contributed by atoms with Crippen LogP contribution in [0.5, 0.6) is 0 Å². The third kappa shape index (κ3) is 1.37. The van der Waals surface area contributed by atoms with Crippen LogP contribution in [-0.4, -0.2) is 21.3 Å². The summed E-state index contributed by atoms with van der Waals surface area (Å²) in [6.45, 7) is 0. The molecule has 0 atom stereocenters. The fourth-order valence-electron chi connectivity index (χ4n) is 1.27. The number of nitrogens with zero attached hydrogens (tertiary/aromatic N) is 1. The Morgan fingerprint density at radius 1 is 1.29 bits per heavy atom. The van der Waals surface area contributed by atoms with Gasteiger partial charge in [0.2, 0.25) is 0 Å². The van der Waals surface area contributed by atoms with E-state index in [2.05, 4.69) is 10.2 Å². The van der Waals surface area contributed by atoms with Crippen LogP contribution in [0.3, 0.4) is 0 Å². The highest BCUT2D eigenvalue weighted by Gasteiger charge is 2.12. The zero-order chi connectivity index (χ0) is 9.97. The van der Waals surface area contributed by atoms with Gasteiger partial charge in [-0.1, -0.05) is 30.3 Å². The van der Waals surface area contributed by atoms with Gasteiger partial charge in [0.15, 0.2) is 0 Å². The van der Waals surface area contributed by atoms with Crippen LogP contribution in [0, 0.1) is 0 Å². The maximum atomic E-state index is 10.8. The molecule has 0 aliphatic rings. The highest BCUT2D eigenvalue weighted by atomic mass is 16.4. The van der Waals surface area contributed by atoms with Crippen LogP contribution in [0.25, 0.3) is 11.3 Å². The minimum absolute atomic E-state index is 0.191. The van der Waals surface area contributed by atoms with E-state index in [-0.39, 0.29) is 5.56 Å². The molecule has 0 spiro atoms. The van der Waals surface area contributed by atoms with Crippen molar-refractivity contribution in [1.82, 2.24) is 10.2 Å². The van der Waals surface area contributed by atoms with Crippen molar-refractivity contribution in [3.05, 3.63) is 42.1 Å². The number of aromatic amines is 1. The van der Waals surface area contributed by atoms with Crippen molar-refractivity contribution in [3.63, 3.8) is 0 Å². The zero-order valence-corrected chi connectivity index (χ0v) is 7.27. The lowest BCUT2D eigenvalue weighted by Crippen LogP contribution is -1.96. The molecule has 2 N–H and O–H groups in total. The zero-order valence-electron chi connectivity index (χ0n) is 7.27. The Labute approximate surface area is 80.2 Å². The first-order valence-electron chi connectivity index (χ1n) is 4.11. The monoisotopic (exact) mass is 188 g/mol. The Hall–Kier alpha value is -2.10. The SMILES string of the molecule is O=C(O)c1cn[nH]c1-c1ccccc1. The summed E-state index contributed by atoms with van der Waals surface area (Å²) in [5.41, 5.74) is 1.55. The number of aromatic nitrogens is 2. The predicted octanol–water partition coefficient (Wildman–Crippen LogP) is 1.77. The summed E-state index contributed by atoms with van der Waals surface area (Å²) in [5, 5.41) is 15.2. The number of rotatable bonds is 2. The molecule has 0 fully saturated rings. The molecule has 0 saturated heterocycles. The molecule has 70 valence electrons. The van der Waals surface area contributed by atoms with Gasteiger partial charge in [-0.05, 0) is 0 Å². The Kier molecular flexibility index (Phi) is 2.02. The molecule has 0 bridgehead atoms. The van der Waals surface area contributed by atoms with E-state index in [4.69, 9.17) is 5.11 Å². The molecule has 2 rings (SSSR count). The fraction of sp³-hybridized carbons (Fsp3) is 0. The summed E-state index contributed by atoms with van der Waals surface area (Å²) in [6, 6.07) is 9.24. The first-order chi connectivity index (χ1) is 6.79. The predicted molar refractivity (Wildman–Crippen MR) is 51.0 cm³/mol. The third-order valence-electron chi connectivity index (χ3n) is 1.93. The molecule has 4 heteroatoms. The van der Waals surface area contributed by atoms with Gasteiger partial charge in [-0.25, -0.2) is 4.79 Å². The molecule has 1 aromatic carbocycles. The van der Waals surface area contributed by atoms with Gasteiger partial charge >= 0.3 is 5.97 Å². The van der Waals surface area contributed by atoms with E-state index in [1.54, 1.807) is 0 Å². The molecule has 0 saturated carbocycles. The van der Waals surface area contributed by atoms with Gasteiger partial charge in [0.25, 0.3) is 0 Å². The van der Waals surface area contributed by atoms with Crippen LogP contribution in [-0.2, 0) is 0 Å². The first-order valence-corrected chi connectivity index (χ1v) is 4.11. The van der Waals surface area contributed by atoms with Gasteiger partial charge in [-0.15, -0.1) is 0 Å². The largest absolute Gasteiger partial charge is 0.478 e. The topological polar surface area (TPSA) is 66.0 Å². The average Bonchev–Trinajstić information content (AvgIpc) is 2.67. The number of hydrogen-bond acceptors (Lipinski definition) is 2. The Morgan fingerprint density at radius 3 is 2.64 bits per heavy atom. The lowest BCUT2D eigenvalue weighted by molar-refractivity contribution is 0.0698. The molecule has 0 amide bonds. The van der Waals surface area contributed by atoms with Crippen molar-refractivity contribution < 1.29 is 9.90 Å². The molecule has 1 aromatic heterocycles. The number of carboxylic acid groups (broad SMARTS) is 1. The summed E-state index contributed by atoms with van der Waals surface area (Å²) in [5.74, 6) is -0.974. The van der Waals surface area contributed by atoms with Crippen molar-refractivity contribution in [2.75, 3.05) is 0 Å². The quantitative estimate of drug-likeness (QED) is 0.754. The second-order valence-electron chi connectivity index (χ2n) is 2.83. The second-order valence-corrected chi connectivity index (χ2v) is 2.83. The summed E-state index contributed by atoms with van der Waals surface area (Å²) in [6.07, 6.45) is 1.31. The first kappa shape index (κ1) is 8.50. The summed E-state index contributed by atoms with van der Waals surface area (Å²) >= 11 is 0. The number of hydrogen-bond donors (Lipinski definition) is 2. The van der Waals surface area contributed by atoms with Crippen LogP contribution in [0.2, 0.25) is 0 Å². The van der Waals surface area contributed by atoms with Gasteiger partial charge in [0.1, 0.15) is 5.56 Å². The molecular formula is C10H8N2O2. The van der Waals surface area contributed by atoms with Gasteiger partial charge in [0, 0.05) is 5.56 Å². The molecule has 4 nitrogen and oxygen atoms in total.